The van der Waals surface area contributed by atoms with Crippen LogP contribution in [0.3, 0.4) is 0 Å². The Kier molecular flexibility index (Phi) is 4.52. The van der Waals surface area contributed by atoms with Crippen molar-refractivity contribution in [2.75, 3.05) is 36.0 Å². The number of nitrogens with zero attached hydrogens (tertiary/aromatic N) is 6. The van der Waals surface area contributed by atoms with Crippen molar-refractivity contribution in [2.45, 2.75) is 58.8 Å². The third-order valence-electron chi connectivity index (χ3n) is 5.54. The summed E-state index contributed by atoms with van der Waals surface area (Å²) in [5.74, 6) is 4.69. The minimum Gasteiger partial charge on any atom is -0.353 e. The van der Waals surface area contributed by atoms with Crippen molar-refractivity contribution < 1.29 is 0 Å². The Bertz CT molecular complexity index is 829. The van der Waals surface area contributed by atoms with Crippen LogP contribution in [0.4, 0.5) is 11.6 Å². The van der Waals surface area contributed by atoms with Gasteiger partial charge in [0, 0.05) is 55.0 Å². The molecule has 2 aromatic heterocycles. The maximum absolute atomic E-state index is 4.94. The van der Waals surface area contributed by atoms with Gasteiger partial charge in [0.05, 0.1) is 0 Å². The summed E-state index contributed by atoms with van der Waals surface area (Å²) >= 11 is 0. The highest BCUT2D eigenvalue weighted by atomic mass is 15.3. The molecule has 0 unspecified atom stereocenters. The summed E-state index contributed by atoms with van der Waals surface area (Å²) in [5.41, 5.74) is 2.22. The molecule has 0 aromatic carbocycles. The lowest BCUT2D eigenvalue weighted by atomic mass is 9.95. The summed E-state index contributed by atoms with van der Waals surface area (Å²) in [5, 5.41) is 0. The SMILES string of the molecule is Cc1nc(C(C)(C)C)nc(N2CCN(c3ccnc(C4CC4)n3)CC2)c1C. The van der Waals surface area contributed by atoms with E-state index in [2.05, 4.69) is 49.4 Å². The molecular weight excluding hydrogens is 336 g/mol. The smallest absolute Gasteiger partial charge is 0.136 e. The molecule has 0 bridgehead atoms. The molecule has 0 N–H and O–H groups in total. The van der Waals surface area contributed by atoms with Crippen molar-refractivity contribution in [2.24, 2.45) is 0 Å². The fourth-order valence-corrected chi connectivity index (χ4v) is 3.48. The molecule has 4 rings (SSSR count). The normalized spacial score (nSPS) is 18.1. The van der Waals surface area contributed by atoms with Gasteiger partial charge in [-0.2, -0.15) is 0 Å². The van der Waals surface area contributed by atoms with E-state index >= 15 is 0 Å². The van der Waals surface area contributed by atoms with Crippen LogP contribution in [0.5, 0.6) is 0 Å². The third kappa shape index (κ3) is 3.75. The van der Waals surface area contributed by atoms with E-state index in [0.717, 1.165) is 55.2 Å². The molecule has 2 aliphatic rings. The van der Waals surface area contributed by atoms with Gasteiger partial charge in [0.25, 0.3) is 0 Å². The molecule has 27 heavy (non-hydrogen) atoms. The summed E-state index contributed by atoms with van der Waals surface area (Å²) in [6.45, 7) is 14.5. The highest BCUT2D eigenvalue weighted by molar-refractivity contribution is 5.51. The molecule has 0 spiro atoms. The van der Waals surface area contributed by atoms with Gasteiger partial charge >= 0.3 is 0 Å². The molecular formula is C21H30N6. The molecule has 6 nitrogen and oxygen atoms in total. The predicted octanol–water partition coefficient (Wildman–Crippen LogP) is 3.38. The third-order valence-corrected chi connectivity index (χ3v) is 5.54. The van der Waals surface area contributed by atoms with Crippen LogP contribution >= 0.6 is 0 Å². The van der Waals surface area contributed by atoms with Crippen LogP contribution in [0.2, 0.25) is 0 Å². The van der Waals surface area contributed by atoms with Crippen LogP contribution in [0.25, 0.3) is 0 Å². The fourth-order valence-electron chi connectivity index (χ4n) is 3.48. The van der Waals surface area contributed by atoms with E-state index in [1.165, 1.54) is 18.4 Å². The van der Waals surface area contributed by atoms with Crippen LogP contribution in [-0.4, -0.2) is 46.1 Å². The van der Waals surface area contributed by atoms with Crippen molar-refractivity contribution in [3.63, 3.8) is 0 Å². The second kappa shape index (κ2) is 6.73. The maximum atomic E-state index is 4.94. The molecule has 2 aromatic rings. The van der Waals surface area contributed by atoms with Gasteiger partial charge in [0.1, 0.15) is 23.3 Å². The zero-order valence-corrected chi connectivity index (χ0v) is 17.2. The maximum Gasteiger partial charge on any atom is 0.136 e. The van der Waals surface area contributed by atoms with E-state index in [9.17, 15) is 0 Å². The molecule has 1 aliphatic heterocycles. The predicted molar refractivity (Wildman–Crippen MR) is 109 cm³/mol. The lowest BCUT2D eigenvalue weighted by Gasteiger charge is -2.37. The van der Waals surface area contributed by atoms with Gasteiger partial charge in [-0.3, -0.25) is 0 Å². The van der Waals surface area contributed by atoms with E-state index < -0.39 is 0 Å². The van der Waals surface area contributed by atoms with Crippen molar-refractivity contribution in [3.05, 3.63) is 35.2 Å². The van der Waals surface area contributed by atoms with Crippen LogP contribution in [0.15, 0.2) is 12.3 Å². The number of aromatic nitrogens is 4. The molecule has 6 heteroatoms. The van der Waals surface area contributed by atoms with E-state index in [0.29, 0.717) is 5.92 Å². The number of aryl methyl sites for hydroxylation is 1. The lowest BCUT2D eigenvalue weighted by molar-refractivity contribution is 0.538. The molecule has 144 valence electrons. The second-order valence-corrected chi connectivity index (χ2v) is 8.85. The van der Waals surface area contributed by atoms with Gasteiger partial charge in [-0.25, -0.2) is 19.9 Å². The standard InChI is InChI=1S/C21H30N6/c1-14-15(2)23-20(21(3,4)5)25-19(14)27-12-10-26(11-13-27)17-8-9-22-18(24-17)16-6-7-16/h8-9,16H,6-7,10-13H2,1-5H3. The van der Waals surface area contributed by atoms with Gasteiger partial charge in [-0.05, 0) is 32.8 Å². The minimum atomic E-state index is -0.0464. The first-order valence-electron chi connectivity index (χ1n) is 10.0. The second-order valence-electron chi connectivity index (χ2n) is 8.85. The molecule has 2 fully saturated rings. The molecule has 1 saturated heterocycles. The number of anilines is 2. The molecule has 1 aliphatic carbocycles. The number of rotatable bonds is 3. The quantitative estimate of drug-likeness (QED) is 0.830. The fraction of sp³-hybridized carbons (Fsp3) is 0.619. The zero-order chi connectivity index (χ0) is 19.2. The van der Waals surface area contributed by atoms with Crippen molar-refractivity contribution in [3.8, 4) is 0 Å². The van der Waals surface area contributed by atoms with Crippen LogP contribution in [-0.2, 0) is 5.41 Å². The first kappa shape index (κ1) is 18.1. The molecule has 3 heterocycles. The summed E-state index contributed by atoms with van der Waals surface area (Å²) in [6.07, 6.45) is 4.38. The van der Waals surface area contributed by atoms with E-state index in [1.54, 1.807) is 0 Å². The monoisotopic (exact) mass is 366 g/mol. The average molecular weight is 367 g/mol. The Hall–Kier alpha value is -2.24. The van der Waals surface area contributed by atoms with E-state index in [4.69, 9.17) is 15.0 Å². The van der Waals surface area contributed by atoms with E-state index in [1.807, 2.05) is 12.3 Å². The Morgan fingerprint density at radius 1 is 0.926 bits per heavy atom. The van der Waals surface area contributed by atoms with Crippen molar-refractivity contribution in [1.82, 2.24) is 19.9 Å². The number of hydrogen-bond donors (Lipinski definition) is 0. The Labute approximate surface area is 162 Å². The van der Waals surface area contributed by atoms with Crippen LogP contribution < -0.4 is 9.80 Å². The molecule has 0 amide bonds. The molecule has 0 radical (unpaired) electrons. The first-order valence-corrected chi connectivity index (χ1v) is 10.0. The first-order chi connectivity index (χ1) is 12.8. The number of piperazine rings is 1. The average Bonchev–Trinajstić information content (AvgIpc) is 3.48. The molecule has 1 saturated carbocycles. The lowest BCUT2D eigenvalue weighted by Crippen LogP contribution is -2.47. The Morgan fingerprint density at radius 3 is 2.22 bits per heavy atom. The Morgan fingerprint density at radius 2 is 1.59 bits per heavy atom. The van der Waals surface area contributed by atoms with Gasteiger partial charge in [-0.1, -0.05) is 20.8 Å². The highest BCUT2D eigenvalue weighted by Gasteiger charge is 2.28. The summed E-state index contributed by atoms with van der Waals surface area (Å²) in [4.78, 5) is 23.7. The molecule has 0 atom stereocenters. The summed E-state index contributed by atoms with van der Waals surface area (Å²) < 4.78 is 0. The summed E-state index contributed by atoms with van der Waals surface area (Å²) in [7, 11) is 0. The highest BCUT2D eigenvalue weighted by Crippen LogP contribution is 2.38. The number of hydrogen-bond acceptors (Lipinski definition) is 6. The van der Waals surface area contributed by atoms with Crippen molar-refractivity contribution >= 4 is 11.6 Å². The van der Waals surface area contributed by atoms with Gasteiger partial charge in [-0.15, -0.1) is 0 Å². The van der Waals surface area contributed by atoms with Gasteiger partial charge < -0.3 is 9.80 Å². The zero-order valence-electron chi connectivity index (χ0n) is 17.2. The van der Waals surface area contributed by atoms with Crippen LogP contribution in [0, 0.1) is 13.8 Å². The summed E-state index contributed by atoms with van der Waals surface area (Å²) in [6, 6.07) is 2.04. The van der Waals surface area contributed by atoms with Gasteiger partial charge in [0.15, 0.2) is 0 Å². The van der Waals surface area contributed by atoms with Gasteiger partial charge in [0.2, 0.25) is 0 Å². The topological polar surface area (TPSA) is 58.0 Å². The van der Waals surface area contributed by atoms with E-state index in [-0.39, 0.29) is 5.41 Å². The van der Waals surface area contributed by atoms with Crippen molar-refractivity contribution in [1.29, 1.82) is 0 Å². The largest absolute Gasteiger partial charge is 0.353 e. The Balaban J connectivity index is 1.51. The minimum absolute atomic E-state index is 0.0464. The van der Waals surface area contributed by atoms with Crippen LogP contribution in [0.1, 0.15) is 62.4 Å².